The topological polar surface area (TPSA) is 0 Å². The van der Waals surface area contributed by atoms with Gasteiger partial charge in [-0.1, -0.05) is 0 Å². The molecule has 1 unspecified atom stereocenters. The van der Waals surface area contributed by atoms with Crippen molar-refractivity contribution in [1.82, 2.24) is 0 Å². The molecule has 33 heavy (non-hydrogen) atoms. The van der Waals surface area contributed by atoms with E-state index in [4.69, 9.17) is 0 Å². The molecule has 6 heteroatoms. The van der Waals surface area contributed by atoms with Gasteiger partial charge >= 0.3 is 202 Å². The van der Waals surface area contributed by atoms with E-state index in [2.05, 4.69) is 134 Å². The van der Waals surface area contributed by atoms with Gasteiger partial charge in [0.2, 0.25) is 0 Å². The first-order valence-electron chi connectivity index (χ1n) is 11.5. The molecule has 0 heterocycles. The molecule has 0 saturated carbocycles. The van der Waals surface area contributed by atoms with Gasteiger partial charge in [0.1, 0.15) is 0 Å². The molecule has 0 amide bonds. The average molecular weight is 580 g/mol. The Hall–Kier alpha value is 0.718. The quantitative estimate of drug-likeness (QED) is 0.393. The molecule has 0 aromatic heterocycles. The second kappa shape index (κ2) is 11.0. The standard InChI is InChI=1S/C27H45Si2.3ClH.Ti/c1-19-15-23(28(12,13)14)17-24(16-19)29(25(5,6)7,26(8,9)10)27(11)18-20(2)21(3)22(27)4;;;;/h15-17H,1-14H3;3*1H;/q;;;;+3/p-3. The van der Waals surface area contributed by atoms with E-state index >= 15 is 0 Å². The average Bonchev–Trinajstić information content (AvgIpc) is 2.68. The summed E-state index contributed by atoms with van der Waals surface area (Å²) in [7, 11) is -3.63. The summed E-state index contributed by atoms with van der Waals surface area (Å²) in [5.74, 6) is 0. The molecule has 0 saturated heterocycles. The van der Waals surface area contributed by atoms with Crippen molar-refractivity contribution in [2.24, 2.45) is 0 Å². The fourth-order valence-corrected chi connectivity index (χ4v) is 19.6. The van der Waals surface area contributed by atoms with Gasteiger partial charge in [0, 0.05) is 0 Å². The van der Waals surface area contributed by atoms with Crippen LogP contribution in [0.3, 0.4) is 0 Å². The summed E-state index contributed by atoms with van der Waals surface area (Å²) in [5.41, 5.74) is 6.11. The summed E-state index contributed by atoms with van der Waals surface area (Å²) in [6.45, 7) is 34.8. The van der Waals surface area contributed by atoms with Gasteiger partial charge in [0.15, 0.2) is 0 Å². The molecule has 0 radical (unpaired) electrons. The molecular weight excluding hydrogens is 535 g/mol. The number of benzene rings is 1. The summed E-state index contributed by atoms with van der Waals surface area (Å²) in [4.78, 5) is 0. The van der Waals surface area contributed by atoms with E-state index in [1.165, 1.54) is 16.7 Å². The van der Waals surface area contributed by atoms with E-state index in [0.29, 0.717) is 0 Å². The molecule has 0 bridgehead atoms. The van der Waals surface area contributed by atoms with Crippen LogP contribution in [-0.2, 0) is 20.4 Å². The van der Waals surface area contributed by atoms with Crippen LogP contribution >= 0.6 is 0 Å². The van der Waals surface area contributed by atoms with Gasteiger partial charge in [-0.05, 0) is 0 Å². The zero-order valence-corrected chi connectivity index (χ0v) is 29.2. The molecule has 0 fully saturated rings. The van der Waals surface area contributed by atoms with Crippen LogP contribution in [0.25, 0.3) is 0 Å². The van der Waals surface area contributed by atoms with Crippen molar-refractivity contribution in [1.29, 1.82) is 0 Å². The molecule has 0 spiro atoms. The number of hydrogen-bond acceptors (Lipinski definition) is 0. The van der Waals surface area contributed by atoms with Gasteiger partial charge in [-0.2, -0.15) is 0 Å². The van der Waals surface area contributed by atoms with Gasteiger partial charge < -0.3 is 37.2 Å². The molecule has 1 aromatic carbocycles. The number of halogens is 3. The van der Waals surface area contributed by atoms with Crippen molar-refractivity contribution in [2.75, 3.05) is 0 Å². The number of aryl methyl sites for hydroxylation is 1. The second-order valence-corrected chi connectivity index (χ2v) is 24.9. The Kier molecular flexibility index (Phi) is 12.0. The Morgan fingerprint density at radius 2 is 1.09 bits per heavy atom. The number of hydrogen-bond donors (Lipinski definition) is 0. The van der Waals surface area contributed by atoms with Crippen molar-refractivity contribution in [3.63, 3.8) is 0 Å². The molecular formula is C27H45Cl3Si2Ti. The Balaban J connectivity index is 0. The Bertz CT molecular complexity index is 888. The third-order valence-corrected chi connectivity index (χ3v) is 19.7. The van der Waals surface area contributed by atoms with Crippen LogP contribution in [0.5, 0.6) is 0 Å². The number of rotatable bonds is 3. The van der Waals surface area contributed by atoms with Crippen molar-refractivity contribution in [3.8, 4) is 0 Å². The normalized spacial score (nSPS) is 19.8. The summed E-state index contributed by atoms with van der Waals surface area (Å²) in [6, 6.07) is 7.71. The molecule has 0 nitrogen and oxygen atoms in total. The SMILES string of the molecule is CC1=C(C)C(C)([Si](c2cc(C)cc([Si](C)(C)C)c2)(C(C)(C)C)C(C)(C)C)[C]([Ti+3])=C1C.[Cl-].[Cl-].[Cl-]. The van der Waals surface area contributed by atoms with Crippen molar-refractivity contribution in [2.45, 2.75) is 111 Å². The summed E-state index contributed by atoms with van der Waals surface area (Å²) in [6.07, 6.45) is 0. The third kappa shape index (κ3) is 5.38. The maximum atomic E-state index is 2.66. The van der Waals surface area contributed by atoms with E-state index in [0.717, 1.165) is 0 Å². The zero-order chi connectivity index (χ0) is 23.7. The van der Waals surface area contributed by atoms with Crippen LogP contribution in [0.2, 0.25) is 34.8 Å². The molecule has 2 rings (SSSR count). The monoisotopic (exact) mass is 578 g/mol. The first kappa shape index (κ1) is 35.9. The minimum atomic E-state index is -2.21. The summed E-state index contributed by atoms with van der Waals surface area (Å²) < 4.78 is 1.62. The van der Waals surface area contributed by atoms with E-state index in [1.54, 1.807) is 19.8 Å². The maximum absolute atomic E-state index is 2.66. The molecule has 0 aliphatic heterocycles. The molecule has 0 N–H and O–H groups in total. The Labute approximate surface area is 237 Å². The fraction of sp³-hybridized carbons (Fsp3) is 0.630. The van der Waals surface area contributed by atoms with Gasteiger partial charge in [-0.3, -0.25) is 0 Å². The van der Waals surface area contributed by atoms with Gasteiger partial charge in [0.05, 0.1) is 0 Å². The molecule has 186 valence electrons. The van der Waals surface area contributed by atoms with E-state index in [9.17, 15) is 0 Å². The smallest absolute Gasteiger partial charge is 1.00 e. The van der Waals surface area contributed by atoms with Crippen LogP contribution < -0.4 is 47.6 Å². The second-order valence-electron chi connectivity index (χ2n) is 13.0. The predicted molar refractivity (Wildman–Crippen MR) is 138 cm³/mol. The Morgan fingerprint density at radius 3 is 1.39 bits per heavy atom. The molecule has 1 aliphatic rings. The van der Waals surface area contributed by atoms with Crippen LogP contribution in [0.4, 0.5) is 0 Å². The van der Waals surface area contributed by atoms with Gasteiger partial charge in [-0.15, -0.1) is 0 Å². The number of allylic oxidation sites excluding steroid dienone is 4. The fourth-order valence-electron chi connectivity index (χ4n) is 7.09. The first-order chi connectivity index (χ1) is 13.2. The van der Waals surface area contributed by atoms with Crippen LogP contribution in [0.1, 0.15) is 74.8 Å². The largest absolute Gasteiger partial charge is 1.00 e. The van der Waals surface area contributed by atoms with Gasteiger partial charge in [0.25, 0.3) is 0 Å². The van der Waals surface area contributed by atoms with Gasteiger partial charge in [-0.25, -0.2) is 0 Å². The van der Waals surface area contributed by atoms with Crippen LogP contribution in [-0.4, -0.2) is 16.1 Å². The first-order valence-corrected chi connectivity index (χ1v) is 17.8. The predicted octanol–water partition coefficient (Wildman–Crippen LogP) is -1.26. The minimum absolute atomic E-state index is 0. The Morgan fingerprint density at radius 1 is 0.697 bits per heavy atom. The molecule has 1 atom stereocenters. The summed E-state index contributed by atoms with van der Waals surface area (Å²) >= 11 is 2.43. The molecule has 1 aromatic rings. The van der Waals surface area contributed by atoms with E-state index in [-0.39, 0.29) is 52.3 Å². The van der Waals surface area contributed by atoms with Crippen LogP contribution in [0.15, 0.2) is 38.8 Å². The zero-order valence-electron chi connectivity index (χ0n) is 23.4. The third-order valence-electron chi connectivity index (χ3n) is 8.13. The van der Waals surface area contributed by atoms with Crippen molar-refractivity contribution in [3.05, 3.63) is 44.4 Å². The molecule has 1 aliphatic carbocycles. The van der Waals surface area contributed by atoms with Crippen LogP contribution in [0, 0.1) is 6.92 Å². The maximum Gasteiger partial charge on any atom is -1.00 e. The summed E-state index contributed by atoms with van der Waals surface area (Å²) in [5, 5.41) is 3.81. The van der Waals surface area contributed by atoms with Crippen molar-refractivity contribution >= 4 is 26.5 Å². The van der Waals surface area contributed by atoms with E-state index in [1.807, 2.05) is 0 Å². The minimum Gasteiger partial charge on any atom is -1.00 e. The van der Waals surface area contributed by atoms with Crippen molar-refractivity contribution < 1.29 is 57.7 Å². The van der Waals surface area contributed by atoms with E-state index < -0.39 is 16.1 Å².